The predicted molar refractivity (Wildman–Crippen MR) is 156 cm³/mol. The molecule has 0 aromatic rings. The average Bonchev–Trinajstić information content (AvgIpc) is 2.88. The summed E-state index contributed by atoms with van der Waals surface area (Å²) in [6.45, 7) is 4.28. The predicted octanol–water partition coefficient (Wildman–Crippen LogP) is 8.78. The van der Waals surface area contributed by atoms with Crippen LogP contribution in [-0.2, 0) is 4.79 Å². The second-order valence-electron chi connectivity index (χ2n) is 10.9. The van der Waals surface area contributed by atoms with E-state index in [9.17, 15) is 15.0 Å². The molecule has 0 saturated carbocycles. The quantitative estimate of drug-likeness (QED) is 0.0729. The maximum atomic E-state index is 12.2. The number of allylic oxidation sites excluding steroid dienone is 1. The Morgan fingerprint density at radius 1 is 0.639 bits per heavy atom. The Morgan fingerprint density at radius 3 is 1.44 bits per heavy atom. The maximum Gasteiger partial charge on any atom is 0.220 e. The van der Waals surface area contributed by atoms with E-state index in [0.29, 0.717) is 6.42 Å². The molecule has 214 valence electrons. The summed E-state index contributed by atoms with van der Waals surface area (Å²) < 4.78 is 0. The summed E-state index contributed by atoms with van der Waals surface area (Å²) in [7, 11) is 0. The monoisotopic (exact) mass is 509 g/mol. The number of aliphatic hydroxyl groups is 2. The summed E-state index contributed by atoms with van der Waals surface area (Å²) in [5, 5.41) is 22.7. The third-order valence-corrected chi connectivity index (χ3v) is 7.27. The van der Waals surface area contributed by atoms with E-state index in [1.165, 1.54) is 122 Å². The Balaban J connectivity index is 3.66. The highest BCUT2D eigenvalue weighted by Crippen LogP contribution is 2.13. The van der Waals surface area contributed by atoms with Crippen molar-refractivity contribution in [3.05, 3.63) is 12.2 Å². The highest BCUT2D eigenvalue weighted by atomic mass is 16.3. The first-order valence-electron chi connectivity index (χ1n) is 15.9. The van der Waals surface area contributed by atoms with Crippen molar-refractivity contribution in [3.63, 3.8) is 0 Å². The Labute approximate surface area is 225 Å². The molecule has 0 aliphatic carbocycles. The molecule has 3 N–H and O–H groups in total. The Hall–Kier alpha value is -0.870. The first-order chi connectivity index (χ1) is 17.7. The van der Waals surface area contributed by atoms with Crippen LogP contribution in [0.5, 0.6) is 0 Å². The minimum atomic E-state index is -0.830. The van der Waals surface area contributed by atoms with Crippen molar-refractivity contribution in [2.45, 2.75) is 180 Å². The number of amides is 1. The molecule has 0 aromatic carbocycles. The van der Waals surface area contributed by atoms with Gasteiger partial charge >= 0.3 is 0 Å². The second-order valence-corrected chi connectivity index (χ2v) is 10.9. The molecule has 0 fully saturated rings. The lowest BCUT2D eigenvalue weighted by molar-refractivity contribution is -0.123. The van der Waals surface area contributed by atoms with E-state index in [1.54, 1.807) is 6.08 Å². The Bertz CT molecular complexity index is 480. The largest absolute Gasteiger partial charge is 0.394 e. The van der Waals surface area contributed by atoms with E-state index in [2.05, 4.69) is 19.2 Å². The van der Waals surface area contributed by atoms with Gasteiger partial charge in [0.1, 0.15) is 0 Å². The third kappa shape index (κ3) is 24.8. The topological polar surface area (TPSA) is 69.6 Å². The molecule has 0 aromatic heterocycles. The molecule has 0 unspecified atom stereocenters. The van der Waals surface area contributed by atoms with Crippen LogP contribution in [0.1, 0.15) is 168 Å². The lowest BCUT2D eigenvalue weighted by Crippen LogP contribution is -2.45. The smallest absolute Gasteiger partial charge is 0.220 e. The zero-order valence-corrected chi connectivity index (χ0v) is 24.3. The highest BCUT2D eigenvalue weighted by Gasteiger charge is 2.17. The minimum Gasteiger partial charge on any atom is -0.394 e. The van der Waals surface area contributed by atoms with Crippen LogP contribution in [-0.4, -0.2) is 34.9 Å². The molecule has 4 heteroatoms. The van der Waals surface area contributed by atoms with Gasteiger partial charge in [0.2, 0.25) is 5.91 Å². The Kier molecular flexibility index (Phi) is 28.0. The fourth-order valence-electron chi connectivity index (χ4n) is 4.76. The summed E-state index contributed by atoms with van der Waals surface area (Å²) in [6.07, 6.45) is 32.8. The molecule has 2 atom stereocenters. The summed E-state index contributed by atoms with van der Waals surface area (Å²) in [5.74, 6) is -0.0669. The van der Waals surface area contributed by atoms with Crippen molar-refractivity contribution in [2.75, 3.05) is 6.61 Å². The summed E-state index contributed by atoms with van der Waals surface area (Å²) in [6, 6.07) is -0.612. The van der Waals surface area contributed by atoms with Gasteiger partial charge in [0, 0.05) is 6.42 Å². The number of aliphatic hydroxyl groups excluding tert-OH is 2. The van der Waals surface area contributed by atoms with E-state index in [1.807, 2.05) is 6.08 Å². The lowest BCUT2D eigenvalue weighted by atomic mass is 10.0. The van der Waals surface area contributed by atoms with E-state index in [4.69, 9.17) is 0 Å². The van der Waals surface area contributed by atoms with E-state index in [0.717, 1.165) is 25.7 Å². The Morgan fingerprint density at radius 2 is 1.03 bits per heavy atom. The van der Waals surface area contributed by atoms with E-state index < -0.39 is 12.1 Å². The van der Waals surface area contributed by atoms with Crippen molar-refractivity contribution in [1.29, 1.82) is 0 Å². The fourth-order valence-corrected chi connectivity index (χ4v) is 4.76. The minimum absolute atomic E-state index is 0.0669. The number of carbonyl (C=O) groups excluding carboxylic acids is 1. The van der Waals surface area contributed by atoms with Crippen LogP contribution in [0.25, 0.3) is 0 Å². The van der Waals surface area contributed by atoms with Gasteiger partial charge in [0.15, 0.2) is 0 Å². The van der Waals surface area contributed by atoms with Crippen LogP contribution in [0.15, 0.2) is 12.2 Å². The molecule has 1 amide bonds. The summed E-state index contributed by atoms with van der Waals surface area (Å²) in [4.78, 5) is 12.2. The number of unbranched alkanes of at least 4 members (excludes halogenated alkanes) is 21. The third-order valence-electron chi connectivity index (χ3n) is 7.27. The molecule has 0 aliphatic rings. The number of rotatable bonds is 28. The highest BCUT2D eigenvalue weighted by molar-refractivity contribution is 5.76. The molecule has 0 rings (SSSR count). The van der Waals surface area contributed by atoms with E-state index in [-0.39, 0.29) is 12.5 Å². The van der Waals surface area contributed by atoms with Gasteiger partial charge in [0.05, 0.1) is 18.8 Å². The van der Waals surface area contributed by atoms with Crippen molar-refractivity contribution in [2.24, 2.45) is 0 Å². The average molecular weight is 510 g/mol. The van der Waals surface area contributed by atoms with Crippen LogP contribution in [0.2, 0.25) is 0 Å². The first-order valence-corrected chi connectivity index (χ1v) is 15.9. The van der Waals surface area contributed by atoms with Crippen LogP contribution in [0, 0.1) is 0 Å². The van der Waals surface area contributed by atoms with Gasteiger partial charge in [-0.3, -0.25) is 4.79 Å². The number of nitrogens with one attached hydrogen (secondary N) is 1. The molecule has 0 aliphatic heterocycles. The fraction of sp³-hybridized carbons (Fsp3) is 0.906. The standard InChI is InChI=1S/C32H63NO3/c1-3-5-7-9-11-13-15-16-18-19-21-23-25-27-31(35)30(29-34)33-32(36)28-26-24-22-20-17-14-12-10-8-6-4-2/h25,27,30-31,34-35H,3-24,26,28-29H2,1-2H3,(H,33,36)/b27-25+/t30-,31+/m0/s1. The molecular weight excluding hydrogens is 446 g/mol. The van der Waals surface area contributed by atoms with Crippen molar-refractivity contribution < 1.29 is 15.0 Å². The second kappa shape index (κ2) is 28.7. The maximum absolute atomic E-state index is 12.2. The van der Waals surface area contributed by atoms with Crippen molar-refractivity contribution >= 4 is 5.91 Å². The summed E-state index contributed by atoms with van der Waals surface area (Å²) in [5.41, 5.74) is 0. The van der Waals surface area contributed by atoms with Crippen LogP contribution in [0.4, 0.5) is 0 Å². The molecule has 0 radical (unpaired) electrons. The normalized spacial score (nSPS) is 13.3. The van der Waals surface area contributed by atoms with Gasteiger partial charge < -0.3 is 15.5 Å². The molecule has 0 saturated heterocycles. The SMILES string of the molecule is CCCCCCCCCCCCC/C=C/[C@@H](O)[C@H](CO)NC(=O)CCCCCCCCCCCCC. The number of hydrogen-bond acceptors (Lipinski definition) is 3. The molecule has 36 heavy (non-hydrogen) atoms. The van der Waals surface area contributed by atoms with Gasteiger partial charge in [-0.25, -0.2) is 0 Å². The number of carbonyl (C=O) groups is 1. The lowest BCUT2D eigenvalue weighted by Gasteiger charge is -2.20. The molecule has 0 bridgehead atoms. The zero-order chi connectivity index (χ0) is 26.5. The number of hydrogen-bond donors (Lipinski definition) is 3. The van der Waals surface area contributed by atoms with Crippen molar-refractivity contribution in [3.8, 4) is 0 Å². The van der Waals surface area contributed by atoms with Gasteiger partial charge in [-0.2, -0.15) is 0 Å². The van der Waals surface area contributed by atoms with Gasteiger partial charge in [-0.1, -0.05) is 154 Å². The van der Waals surface area contributed by atoms with Crippen LogP contribution >= 0.6 is 0 Å². The van der Waals surface area contributed by atoms with Crippen LogP contribution < -0.4 is 5.32 Å². The van der Waals surface area contributed by atoms with Gasteiger partial charge in [0.25, 0.3) is 0 Å². The molecular formula is C32H63NO3. The van der Waals surface area contributed by atoms with Crippen molar-refractivity contribution in [1.82, 2.24) is 5.32 Å². The molecule has 4 nitrogen and oxygen atoms in total. The summed E-state index contributed by atoms with van der Waals surface area (Å²) >= 11 is 0. The molecule has 0 heterocycles. The first kappa shape index (κ1) is 35.1. The molecule has 0 spiro atoms. The van der Waals surface area contributed by atoms with E-state index >= 15 is 0 Å². The zero-order valence-electron chi connectivity index (χ0n) is 24.3. The van der Waals surface area contributed by atoms with Gasteiger partial charge in [-0.15, -0.1) is 0 Å². The van der Waals surface area contributed by atoms with Crippen LogP contribution in [0.3, 0.4) is 0 Å². The van der Waals surface area contributed by atoms with Gasteiger partial charge in [-0.05, 0) is 19.3 Å².